The Bertz CT molecular complexity index is 587. The first kappa shape index (κ1) is 15.9. The van der Waals surface area contributed by atoms with Crippen molar-refractivity contribution in [3.8, 4) is 0 Å². The van der Waals surface area contributed by atoms with Gasteiger partial charge in [-0.2, -0.15) is 0 Å². The summed E-state index contributed by atoms with van der Waals surface area (Å²) in [4.78, 5) is 6.92. The highest BCUT2D eigenvalue weighted by Crippen LogP contribution is 2.12. The van der Waals surface area contributed by atoms with Crippen LogP contribution in [0.1, 0.15) is 24.1 Å². The van der Waals surface area contributed by atoms with Crippen molar-refractivity contribution < 1.29 is 0 Å². The molecule has 1 fully saturated rings. The van der Waals surface area contributed by atoms with Gasteiger partial charge in [-0.25, -0.2) is 0 Å². The van der Waals surface area contributed by atoms with Crippen LogP contribution in [0.3, 0.4) is 0 Å². The average molecular weight is 307 g/mol. The fourth-order valence-electron chi connectivity index (χ4n) is 3.01. The zero-order valence-electron chi connectivity index (χ0n) is 13.6. The Labute approximate surface area is 139 Å². The van der Waals surface area contributed by atoms with Crippen molar-refractivity contribution in [2.45, 2.75) is 25.4 Å². The van der Waals surface area contributed by atoms with Gasteiger partial charge in [-0.1, -0.05) is 48.6 Å². The minimum Gasteiger partial charge on any atom is -0.310 e. The lowest BCUT2D eigenvalue weighted by Crippen LogP contribution is -2.42. The van der Waals surface area contributed by atoms with Crippen LogP contribution < -0.4 is 5.32 Å². The van der Waals surface area contributed by atoms with Gasteiger partial charge in [0.1, 0.15) is 0 Å². The molecule has 1 aromatic heterocycles. The van der Waals surface area contributed by atoms with E-state index >= 15 is 0 Å². The second kappa shape index (κ2) is 8.61. The number of aromatic nitrogens is 1. The lowest BCUT2D eigenvalue weighted by molar-refractivity contribution is 0.191. The fourth-order valence-corrected chi connectivity index (χ4v) is 3.01. The Morgan fingerprint density at radius 1 is 1.04 bits per heavy atom. The monoisotopic (exact) mass is 307 g/mol. The second-order valence-electron chi connectivity index (χ2n) is 6.09. The van der Waals surface area contributed by atoms with E-state index in [1.165, 1.54) is 24.1 Å². The van der Waals surface area contributed by atoms with Crippen LogP contribution in [0.4, 0.5) is 0 Å². The molecule has 0 saturated carbocycles. The number of hydrogen-bond acceptors (Lipinski definition) is 3. The van der Waals surface area contributed by atoms with E-state index in [0.717, 1.165) is 26.2 Å². The van der Waals surface area contributed by atoms with Crippen molar-refractivity contribution in [3.63, 3.8) is 0 Å². The van der Waals surface area contributed by atoms with Gasteiger partial charge in [-0.05, 0) is 30.5 Å². The van der Waals surface area contributed by atoms with Crippen LogP contribution in [0.5, 0.6) is 0 Å². The normalized spacial score (nSPS) is 16.9. The Morgan fingerprint density at radius 3 is 2.57 bits per heavy atom. The van der Waals surface area contributed by atoms with E-state index in [2.05, 4.69) is 63.8 Å². The summed E-state index contributed by atoms with van der Waals surface area (Å²) in [6.07, 6.45) is 8.71. The Hall–Kier alpha value is -1.97. The Balaban J connectivity index is 1.35. The molecule has 3 rings (SSSR count). The Kier molecular flexibility index (Phi) is 5.95. The summed E-state index contributed by atoms with van der Waals surface area (Å²) in [7, 11) is 0. The summed E-state index contributed by atoms with van der Waals surface area (Å²) in [5.74, 6) is 0. The molecule has 1 aliphatic rings. The van der Waals surface area contributed by atoms with E-state index in [1.807, 2.05) is 18.3 Å². The van der Waals surface area contributed by atoms with Crippen molar-refractivity contribution >= 4 is 6.08 Å². The summed E-state index contributed by atoms with van der Waals surface area (Å²) in [5.41, 5.74) is 2.43. The van der Waals surface area contributed by atoms with E-state index in [4.69, 9.17) is 0 Å². The van der Waals surface area contributed by atoms with Crippen molar-refractivity contribution in [2.75, 3.05) is 19.6 Å². The molecule has 2 aromatic rings. The number of piperidine rings is 1. The number of likely N-dealkylation sites (tertiary alicyclic amines) is 1. The van der Waals surface area contributed by atoms with Crippen LogP contribution in [0, 0.1) is 0 Å². The molecule has 1 saturated heterocycles. The smallest absolute Gasteiger partial charge is 0.0543 e. The van der Waals surface area contributed by atoms with Gasteiger partial charge in [0, 0.05) is 38.4 Å². The molecule has 23 heavy (non-hydrogen) atoms. The molecule has 3 nitrogen and oxygen atoms in total. The predicted octanol–water partition coefficient (Wildman–Crippen LogP) is 3.35. The summed E-state index contributed by atoms with van der Waals surface area (Å²) < 4.78 is 0. The number of pyridine rings is 1. The Morgan fingerprint density at radius 2 is 1.83 bits per heavy atom. The molecule has 3 heteroatoms. The number of rotatable bonds is 6. The van der Waals surface area contributed by atoms with Gasteiger partial charge in [0.25, 0.3) is 0 Å². The van der Waals surface area contributed by atoms with Crippen molar-refractivity contribution in [1.29, 1.82) is 0 Å². The third-order valence-electron chi connectivity index (χ3n) is 4.33. The van der Waals surface area contributed by atoms with E-state index in [-0.39, 0.29) is 0 Å². The first-order valence-corrected chi connectivity index (χ1v) is 8.47. The van der Waals surface area contributed by atoms with Crippen LogP contribution in [-0.4, -0.2) is 35.6 Å². The highest BCUT2D eigenvalue weighted by Gasteiger charge is 2.18. The maximum atomic E-state index is 4.41. The van der Waals surface area contributed by atoms with Gasteiger partial charge in [-0.3, -0.25) is 9.88 Å². The third-order valence-corrected chi connectivity index (χ3v) is 4.33. The van der Waals surface area contributed by atoms with Gasteiger partial charge < -0.3 is 5.32 Å². The molecule has 0 amide bonds. The minimum absolute atomic E-state index is 0.635. The predicted molar refractivity (Wildman–Crippen MR) is 96.0 cm³/mol. The molecular formula is C20H25N3. The summed E-state index contributed by atoms with van der Waals surface area (Å²) in [5, 5.41) is 3.65. The van der Waals surface area contributed by atoms with Gasteiger partial charge >= 0.3 is 0 Å². The van der Waals surface area contributed by atoms with Crippen LogP contribution in [-0.2, 0) is 6.54 Å². The molecule has 2 heterocycles. The summed E-state index contributed by atoms with van der Waals surface area (Å²) in [6, 6.07) is 17.2. The quantitative estimate of drug-likeness (QED) is 0.887. The maximum Gasteiger partial charge on any atom is 0.0543 e. The van der Waals surface area contributed by atoms with Crippen LogP contribution >= 0.6 is 0 Å². The summed E-state index contributed by atoms with van der Waals surface area (Å²) >= 11 is 0. The number of nitrogens with one attached hydrogen (secondary N) is 1. The topological polar surface area (TPSA) is 28.2 Å². The van der Waals surface area contributed by atoms with Gasteiger partial charge in [0.05, 0.1) is 5.69 Å². The van der Waals surface area contributed by atoms with Gasteiger partial charge in [0.15, 0.2) is 0 Å². The molecule has 0 radical (unpaired) electrons. The van der Waals surface area contributed by atoms with Crippen LogP contribution in [0.2, 0.25) is 0 Å². The molecule has 1 aromatic carbocycles. The molecule has 0 spiro atoms. The van der Waals surface area contributed by atoms with Crippen LogP contribution in [0.15, 0.2) is 60.8 Å². The SMILES string of the molecule is C(=C/c1ccccc1)/CNC1CCN(Cc2ccccn2)CC1. The van der Waals surface area contributed by atoms with Crippen molar-refractivity contribution in [2.24, 2.45) is 0 Å². The van der Waals surface area contributed by atoms with Gasteiger partial charge in [0.2, 0.25) is 0 Å². The highest BCUT2D eigenvalue weighted by molar-refractivity contribution is 5.48. The first-order valence-electron chi connectivity index (χ1n) is 8.47. The minimum atomic E-state index is 0.635. The van der Waals surface area contributed by atoms with E-state index in [1.54, 1.807) is 0 Å². The van der Waals surface area contributed by atoms with Gasteiger partial charge in [-0.15, -0.1) is 0 Å². The van der Waals surface area contributed by atoms with E-state index in [9.17, 15) is 0 Å². The van der Waals surface area contributed by atoms with Crippen LogP contribution in [0.25, 0.3) is 6.08 Å². The second-order valence-corrected chi connectivity index (χ2v) is 6.09. The number of nitrogens with zero attached hydrogens (tertiary/aromatic N) is 2. The highest BCUT2D eigenvalue weighted by atomic mass is 15.1. The third kappa shape index (κ3) is 5.31. The summed E-state index contributed by atoms with van der Waals surface area (Å²) in [6.45, 7) is 4.22. The molecule has 0 unspecified atom stereocenters. The standard InChI is InChI=1S/C20H25N3/c1-2-7-18(8-3-1)9-6-14-21-19-11-15-23(16-12-19)17-20-10-4-5-13-22-20/h1-10,13,19,21H,11-12,14-17H2/b9-6-. The number of hydrogen-bond donors (Lipinski definition) is 1. The molecular weight excluding hydrogens is 282 g/mol. The molecule has 1 N–H and O–H groups in total. The van der Waals surface area contributed by atoms with Crippen molar-refractivity contribution in [3.05, 3.63) is 72.1 Å². The average Bonchev–Trinajstić information content (AvgIpc) is 2.62. The molecule has 0 bridgehead atoms. The molecule has 0 aliphatic carbocycles. The largest absolute Gasteiger partial charge is 0.310 e. The van der Waals surface area contributed by atoms with E-state index in [0.29, 0.717) is 6.04 Å². The molecule has 1 aliphatic heterocycles. The number of benzene rings is 1. The van der Waals surface area contributed by atoms with Crippen molar-refractivity contribution in [1.82, 2.24) is 15.2 Å². The van der Waals surface area contributed by atoms with E-state index < -0.39 is 0 Å². The lowest BCUT2D eigenvalue weighted by atomic mass is 10.0. The molecule has 120 valence electrons. The molecule has 0 atom stereocenters. The fraction of sp³-hybridized carbons (Fsp3) is 0.350. The lowest BCUT2D eigenvalue weighted by Gasteiger charge is -2.32. The maximum absolute atomic E-state index is 4.41. The zero-order valence-corrected chi connectivity index (χ0v) is 13.6. The zero-order chi connectivity index (χ0) is 15.7. The first-order chi connectivity index (χ1) is 11.4.